The molecule has 25 heavy (non-hydrogen) atoms. The molecule has 1 aliphatic rings. The van der Waals surface area contributed by atoms with E-state index in [4.69, 9.17) is 10.8 Å². The Balaban J connectivity index is 2.10. The lowest BCUT2D eigenvalue weighted by atomic mass is 9.73. The summed E-state index contributed by atoms with van der Waals surface area (Å²) in [7, 11) is 0. The number of carbonyl (C=O) groups is 1. The highest BCUT2D eigenvalue weighted by Crippen LogP contribution is 2.48. The van der Waals surface area contributed by atoms with Gasteiger partial charge in [0.15, 0.2) is 5.67 Å². The van der Waals surface area contributed by atoms with Gasteiger partial charge in [-0.3, -0.25) is 4.79 Å². The van der Waals surface area contributed by atoms with Gasteiger partial charge in [-0.15, -0.1) is 0 Å². The quantitative estimate of drug-likeness (QED) is 0.847. The standard InChI is InChI=1S/C17H16FN5O2/c18-17(15-5-7-21-10-23-15)11(8-13(19)16(24)25)2-1-3-12(17)14-4-6-20-9-22-14/h1-7,9-11,13H,8,19H2,(H,24,25). The van der Waals surface area contributed by atoms with Crippen molar-refractivity contribution in [3.05, 3.63) is 66.8 Å². The van der Waals surface area contributed by atoms with E-state index < -0.39 is 23.6 Å². The highest BCUT2D eigenvalue weighted by Gasteiger charge is 2.47. The van der Waals surface area contributed by atoms with Gasteiger partial charge < -0.3 is 10.8 Å². The largest absolute Gasteiger partial charge is 0.480 e. The summed E-state index contributed by atoms with van der Waals surface area (Å²) in [4.78, 5) is 27.0. The molecule has 128 valence electrons. The van der Waals surface area contributed by atoms with Crippen molar-refractivity contribution in [2.45, 2.75) is 18.1 Å². The van der Waals surface area contributed by atoms with Gasteiger partial charge in [-0.05, 0) is 18.6 Å². The van der Waals surface area contributed by atoms with Crippen LogP contribution < -0.4 is 5.73 Å². The smallest absolute Gasteiger partial charge is 0.320 e. The molecule has 0 aliphatic heterocycles. The van der Waals surface area contributed by atoms with Gasteiger partial charge in [-0.2, -0.15) is 0 Å². The second-order valence-electron chi connectivity index (χ2n) is 5.65. The molecule has 3 rings (SSSR count). The molecule has 0 spiro atoms. The second-order valence-corrected chi connectivity index (χ2v) is 5.65. The average Bonchev–Trinajstić information content (AvgIpc) is 2.64. The predicted octanol–water partition coefficient (Wildman–Crippen LogP) is 1.50. The molecule has 0 saturated carbocycles. The first-order valence-electron chi connectivity index (χ1n) is 7.62. The van der Waals surface area contributed by atoms with Crippen molar-refractivity contribution in [2.75, 3.05) is 0 Å². The van der Waals surface area contributed by atoms with Crippen molar-refractivity contribution < 1.29 is 14.3 Å². The molecular formula is C17H16FN5O2. The molecule has 0 fully saturated rings. The van der Waals surface area contributed by atoms with Crippen LogP contribution in [-0.4, -0.2) is 37.1 Å². The topological polar surface area (TPSA) is 115 Å². The lowest BCUT2D eigenvalue weighted by molar-refractivity contribution is -0.139. The Kier molecular flexibility index (Phi) is 4.62. The molecule has 8 heteroatoms. The van der Waals surface area contributed by atoms with Crippen molar-refractivity contribution in [1.29, 1.82) is 0 Å². The Bertz CT molecular complexity index is 812. The van der Waals surface area contributed by atoms with Crippen LogP contribution in [0.5, 0.6) is 0 Å². The second kappa shape index (κ2) is 6.86. The molecule has 3 N–H and O–H groups in total. The van der Waals surface area contributed by atoms with Gasteiger partial charge >= 0.3 is 5.97 Å². The molecule has 3 unspecified atom stereocenters. The first-order valence-corrected chi connectivity index (χ1v) is 7.62. The summed E-state index contributed by atoms with van der Waals surface area (Å²) in [5.74, 6) is -2.00. The van der Waals surface area contributed by atoms with E-state index in [9.17, 15) is 4.79 Å². The van der Waals surface area contributed by atoms with E-state index in [-0.39, 0.29) is 17.7 Å². The molecule has 0 saturated heterocycles. The molecular weight excluding hydrogens is 325 g/mol. The number of hydrogen-bond donors (Lipinski definition) is 2. The third kappa shape index (κ3) is 3.16. The van der Waals surface area contributed by atoms with E-state index in [1.54, 1.807) is 24.3 Å². The molecule has 2 aromatic rings. The fourth-order valence-corrected chi connectivity index (χ4v) is 2.91. The highest BCUT2D eigenvalue weighted by atomic mass is 19.1. The van der Waals surface area contributed by atoms with Crippen molar-refractivity contribution in [3.8, 4) is 0 Å². The number of rotatable bonds is 5. The van der Waals surface area contributed by atoms with Gasteiger partial charge in [0.05, 0.1) is 11.4 Å². The maximum absolute atomic E-state index is 16.4. The van der Waals surface area contributed by atoms with Crippen LogP contribution in [0, 0.1) is 5.92 Å². The van der Waals surface area contributed by atoms with E-state index in [2.05, 4.69) is 19.9 Å². The molecule has 3 atom stereocenters. The zero-order valence-electron chi connectivity index (χ0n) is 13.2. The van der Waals surface area contributed by atoms with Crippen molar-refractivity contribution in [3.63, 3.8) is 0 Å². The maximum atomic E-state index is 16.4. The molecule has 2 heterocycles. The SMILES string of the molecule is NC(CC1C=CC=C(c2ccncn2)C1(F)c1ccncn1)C(=O)O. The van der Waals surface area contributed by atoms with E-state index in [1.165, 1.54) is 31.1 Å². The van der Waals surface area contributed by atoms with E-state index >= 15 is 4.39 Å². The van der Waals surface area contributed by atoms with Crippen LogP contribution in [0.2, 0.25) is 0 Å². The minimum atomic E-state index is -2.08. The molecule has 2 aromatic heterocycles. The number of nitrogens with two attached hydrogens (primary N) is 1. The summed E-state index contributed by atoms with van der Waals surface area (Å²) in [6, 6.07) is 1.86. The van der Waals surface area contributed by atoms with Gasteiger partial charge in [0.1, 0.15) is 18.7 Å². The van der Waals surface area contributed by atoms with Gasteiger partial charge in [-0.25, -0.2) is 24.3 Å². The van der Waals surface area contributed by atoms with Gasteiger partial charge in [0.2, 0.25) is 0 Å². The van der Waals surface area contributed by atoms with Gasteiger partial charge in [0.25, 0.3) is 0 Å². The number of nitrogens with zero attached hydrogens (tertiary/aromatic N) is 4. The number of hydrogen-bond acceptors (Lipinski definition) is 6. The van der Waals surface area contributed by atoms with Gasteiger partial charge in [-0.1, -0.05) is 18.2 Å². The molecule has 7 nitrogen and oxygen atoms in total. The van der Waals surface area contributed by atoms with E-state index in [0.717, 1.165) is 0 Å². The van der Waals surface area contributed by atoms with Crippen molar-refractivity contribution in [2.24, 2.45) is 11.7 Å². The van der Waals surface area contributed by atoms with E-state index in [1.807, 2.05) is 0 Å². The highest BCUT2D eigenvalue weighted by molar-refractivity contribution is 5.76. The van der Waals surface area contributed by atoms with Crippen LogP contribution in [-0.2, 0) is 10.5 Å². The van der Waals surface area contributed by atoms with Crippen LogP contribution in [0.15, 0.2) is 55.4 Å². The third-order valence-electron chi connectivity index (χ3n) is 4.15. The normalized spacial score (nSPS) is 23.8. The van der Waals surface area contributed by atoms with Crippen LogP contribution in [0.25, 0.3) is 5.57 Å². The fourth-order valence-electron chi connectivity index (χ4n) is 2.91. The van der Waals surface area contributed by atoms with Crippen LogP contribution in [0.1, 0.15) is 17.8 Å². The number of aromatic nitrogens is 4. The van der Waals surface area contributed by atoms with Crippen LogP contribution >= 0.6 is 0 Å². The van der Waals surface area contributed by atoms with Crippen molar-refractivity contribution >= 4 is 11.5 Å². The summed E-state index contributed by atoms with van der Waals surface area (Å²) in [5, 5.41) is 9.10. The lowest BCUT2D eigenvalue weighted by Gasteiger charge is -2.36. The molecule has 1 aliphatic carbocycles. The molecule has 0 bridgehead atoms. The number of allylic oxidation sites excluding steroid dienone is 4. The van der Waals surface area contributed by atoms with Crippen LogP contribution in [0.4, 0.5) is 4.39 Å². The summed E-state index contributed by atoms with van der Waals surface area (Å²) in [6.45, 7) is 0. The molecule has 0 amide bonds. The lowest BCUT2D eigenvalue weighted by Crippen LogP contribution is -2.40. The number of alkyl halides is 1. The Morgan fingerprint density at radius 3 is 2.60 bits per heavy atom. The van der Waals surface area contributed by atoms with Crippen molar-refractivity contribution in [1.82, 2.24) is 19.9 Å². The van der Waals surface area contributed by atoms with E-state index in [0.29, 0.717) is 5.69 Å². The Morgan fingerprint density at radius 1 is 1.28 bits per heavy atom. The minimum Gasteiger partial charge on any atom is -0.480 e. The van der Waals surface area contributed by atoms with Crippen LogP contribution in [0.3, 0.4) is 0 Å². The summed E-state index contributed by atoms with van der Waals surface area (Å²) in [6.07, 6.45) is 10.3. The summed E-state index contributed by atoms with van der Waals surface area (Å²) >= 11 is 0. The predicted molar refractivity (Wildman–Crippen MR) is 87.7 cm³/mol. The summed E-state index contributed by atoms with van der Waals surface area (Å²) in [5.41, 5.74) is 4.37. The number of aliphatic carboxylic acids is 1. The number of carboxylic acid groups (broad SMARTS) is 1. The maximum Gasteiger partial charge on any atom is 0.320 e. The fraction of sp³-hybridized carbons (Fsp3) is 0.235. The van der Waals surface area contributed by atoms with Gasteiger partial charge in [0, 0.05) is 23.9 Å². The summed E-state index contributed by atoms with van der Waals surface area (Å²) < 4.78 is 16.4. The number of halogens is 1. The minimum absolute atomic E-state index is 0.0885. The molecule has 0 radical (unpaired) electrons. The Morgan fingerprint density at radius 2 is 2.00 bits per heavy atom. The Labute approximate surface area is 143 Å². The zero-order valence-corrected chi connectivity index (χ0v) is 13.2. The first kappa shape index (κ1) is 16.8. The molecule has 0 aromatic carbocycles. The first-order chi connectivity index (χ1) is 12.0. The monoisotopic (exact) mass is 341 g/mol. The zero-order chi connectivity index (χ0) is 17.9. The third-order valence-corrected chi connectivity index (χ3v) is 4.15. The average molecular weight is 341 g/mol. The number of carboxylic acids is 1. The Hall–Kier alpha value is -3.00.